The van der Waals surface area contributed by atoms with Crippen LogP contribution < -0.4 is 0 Å². The van der Waals surface area contributed by atoms with Crippen LogP contribution in [-0.4, -0.2) is 37.2 Å². The molecule has 0 saturated heterocycles. The lowest BCUT2D eigenvalue weighted by Crippen LogP contribution is -2.30. The number of ether oxygens (including phenoxy) is 3. The number of carbonyl (C=O) groups excluding carboxylic acids is 3. The molecule has 0 aliphatic carbocycles. The standard InChI is InChI=1S/C62H104O6/c1-4-7-10-13-16-19-22-25-28-30-31-33-34-37-40-43-46-49-52-55-61(64)67-58-59(57-66-60(63)54-51-48-45-42-39-36-27-24-21-18-15-12-9-6-3)68-62(65)56-53-50-47-44-41-38-35-32-29-26-23-20-17-14-11-8-5-2/h16-17,19-20,24-29,31,33,35,37-38,40,59H,4-15,18,21-23,30,32,34,36,39,41-58H2,1-3H3/b19-16-,20-17-,27-24-,28-25-,29-26-,33-31-,38-35-,40-37-/t59-/m1/s1. The van der Waals surface area contributed by atoms with Gasteiger partial charge >= 0.3 is 17.9 Å². The average molecular weight is 946 g/mol. The van der Waals surface area contributed by atoms with Crippen LogP contribution in [0.25, 0.3) is 0 Å². The van der Waals surface area contributed by atoms with Crippen molar-refractivity contribution in [2.24, 2.45) is 0 Å². The van der Waals surface area contributed by atoms with Crippen LogP contribution in [0.15, 0.2) is 97.2 Å². The summed E-state index contributed by atoms with van der Waals surface area (Å²) in [5, 5.41) is 0. The summed E-state index contributed by atoms with van der Waals surface area (Å²) in [7, 11) is 0. The van der Waals surface area contributed by atoms with Gasteiger partial charge in [0.15, 0.2) is 6.10 Å². The molecule has 0 N–H and O–H groups in total. The Morgan fingerprint density at radius 1 is 0.294 bits per heavy atom. The summed E-state index contributed by atoms with van der Waals surface area (Å²) >= 11 is 0. The second-order valence-corrected chi connectivity index (χ2v) is 18.5. The fourth-order valence-corrected chi connectivity index (χ4v) is 7.48. The van der Waals surface area contributed by atoms with Crippen LogP contribution in [-0.2, 0) is 28.6 Å². The van der Waals surface area contributed by atoms with Gasteiger partial charge in [-0.1, -0.05) is 208 Å². The predicted octanol–water partition coefficient (Wildman–Crippen LogP) is 18.9. The predicted molar refractivity (Wildman–Crippen MR) is 293 cm³/mol. The minimum Gasteiger partial charge on any atom is -0.462 e. The maximum Gasteiger partial charge on any atom is 0.306 e. The molecule has 0 amide bonds. The van der Waals surface area contributed by atoms with Crippen molar-refractivity contribution in [3.8, 4) is 0 Å². The quantitative estimate of drug-likeness (QED) is 0.0262. The summed E-state index contributed by atoms with van der Waals surface area (Å²) in [5.74, 6) is -0.963. The highest BCUT2D eigenvalue weighted by atomic mass is 16.6. The smallest absolute Gasteiger partial charge is 0.306 e. The first-order chi connectivity index (χ1) is 33.5. The molecule has 0 fully saturated rings. The zero-order valence-corrected chi connectivity index (χ0v) is 44.3. The first-order valence-corrected chi connectivity index (χ1v) is 28.2. The number of esters is 3. The molecule has 0 aromatic carbocycles. The van der Waals surface area contributed by atoms with Crippen molar-refractivity contribution in [3.05, 3.63) is 97.2 Å². The molecular formula is C62H104O6. The van der Waals surface area contributed by atoms with E-state index < -0.39 is 6.10 Å². The van der Waals surface area contributed by atoms with E-state index in [1.165, 1.54) is 96.3 Å². The van der Waals surface area contributed by atoms with E-state index in [2.05, 4.69) is 118 Å². The summed E-state index contributed by atoms with van der Waals surface area (Å²) in [6, 6.07) is 0. The number of allylic oxidation sites excluding steroid dienone is 16. The van der Waals surface area contributed by atoms with E-state index in [1.807, 2.05) is 0 Å². The molecule has 388 valence electrons. The van der Waals surface area contributed by atoms with Crippen LogP contribution in [0.1, 0.15) is 258 Å². The zero-order valence-electron chi connectivity index (χ0n) is 44.3. The molecule has 0 radical (unpaired) electrons. The van der Waals surface area contributed by atoms with Crippen molar-refractivity contribution in [3.63, 3.8) is 0 Å². The molecule has 0 saturated carbocycles. The van der Waals surface area contributed by atoms with E-state index in [4.69, 9.17) is 14.2 Å². The Morgan fingerprint density at radius 2 is 0.529 bits per heavy atom. The van der Waals surface area contributed by atoms with Crippen molar-refractivity contribution < 1.29 is 28.6 Å². The Bertz CT molecular complexity index is 1360. The topological polar surface area (TPSA) is 78.9 Å². The Morgan fingerprint density at radius 3 is 0.882 bits per heavy atom. The first-order valence-electron chi connectivity index (χ1n) is 28.2. The van der Waals surface area contributed by atoms with E-state index in [9.17, 15) is 14.4 Å². The highest BCUT2D eigenvalue weighted by molar-refractivity contribution is 5.71. The van der Waals surface area contributed by atoms with Gasteiger partial charge in [0, 0.05) is 19.3 Å². The monoisotopic (exact) mass is 945 g/mol. The Kier molecular flexibility index (Phi) is 52.9. The Labute approximate surface area is 419 Å². The molecule has 1 atom stereocenters. The van der Waals surface area contributed by atoms with Crippen LogP contribution >= 0.6 is 0 Å². The molecule has 68 heavy (non-hydrogen) atoms. The Hall–Kier alpha value is -3.67. The van der Waals surface area contributed by atoms with Gasteiger partial charge in [-0.3, -0.25) is 14.4 Å². The van der Waals surface area contributed by atoms with Crippen molar-refractivity contribution in [1.29, 1.82) is 0 Å². The fraction of sp³-hybridized carbons (Fsp3) is 0.694. The zero-order chi connectivity index (χ0) is 49.3. The molecule has 0 spiro atoms. The highest BCUT2D eigenvalue weighted by Gasteiger charge is 2.19. The molecule has 0 aromatic heterocycles. The van der Waals surface area contributed by atoms with Crippen LogP contribution in [0.3, 0.4) is 0 Å². The van der Waals surface area contributed by atoms with Crippen molar-refractivity contribution in [2.45, 2.75) is 264 Å². The molecular weight excluding hydrogens is 841 g/mol. The van der Waals surface area contributed by atoms with E-state index in [0.717, 1.165) is 122 Å². The van der Waals surface area contributed by atoms with Crippen LogP contribution in [0.5, 0.6) is 0 Å². The summed E-state index contributed by atoms with van der Waals surface area (Å²) < 4.78 is 16.8. The minimum absolute atomic E-state index is 0.102. The lowest BCUT2D eigenvalue weighted by atomic mass is 10.1. The van der Waals surface area contributed by atoms with Gasteiger partial charge in [-0.2, -0.15) is 0 Å². The van der Waals surface area contributed by atoms with Gasteiger partial charge in [-0.25, -0.2) is 0 Å². The third-order valence-electron chi connectivity index (χ3n) is 11.8. The van der Waals surface area contributed by atoms with Crippen molar-refractivity contribution in [2.75, 3.05) is 13.2 Å². The van der Waals surface area contributed by atoms with Crippen LogP contribution in [0, 0.1) is 0 Å². The third-order valence-corrected chi connectivity index (χ3v) is 11.8. The minimum atomic E-state index is -0.807. The molecule has 0 heterocycles. The summed E-state index contributed by atoms with van der Waals surface area (Å²) in [5.41, 5.74) is 0. The lowest BCUT2D eigenvalue weighted by molar-refractivity contribution is -0.167. The summed E-state index contributed by atoms with van der Waals surface area (Å²) in [6.45, 7) is 6.52. The number of hydrogen-bond donors (Lipinski definition) is 0. The Balaban J connectivity index is 4.51. The van der Waals surface area contributed by atoms with E-state index in [0.29, 0.717) is 19.3 Å². The molecule has 0 aromatic rings. The van der Waals surface area contributed by atoms with Gasteiger partial charge in [0.25, 0.3) is 0 Å². The van der Waals surface area contributed by atoms with Crippen molar-refractivity contribution >= 4 is 17.9 Å². The van der Waals surface area contributed by atoms with E-state index in [-0.39, 0.29) is 31.1 Å². The van der Waals surface area contributed by atoms with Crippen molar-refractivity contribution in [1.82, 2.24) is 0 Å². The van der Waals surface area contributed by atoms with Gasteiger partial charge < -0.3 is 14.2 Å². The van der Waals surface area contributed by atoms with E-state index in [1.54, 1.807) is 0 Å². The number of rotatable bonds is 50. The fourth-order valence-electron chi connectivity index (χ4n) is 7.48. The maximum absolute atomic E-state index is 12.8. The van der Waals surface area contributed by atoms with Crippen LogP contribution in [0.4, 0.5) is 0 Å². The molecule has 0 aliphatic heterocycles. The van der Waals surface area contributed by atoms with Gasteiger partial charge in [0.2, 0.25) is 0 Å². The maximum atomic E-state index is 12.8. The summed E-state index contributed by atoms with van der Waals surface area (Å²) in [4.78, 5) is 38.1. The number of hydrogen-bond acceptors (Lipinski definition) is 6. The van der Waals surface area contributed by atoms with E-state index >= 15 is 0 Å². The summed E-state index contributed by atoms with van der Waals surface area (Å²) in [6.07, 6.45) is 73.9. The molecule has 0 rings (SSSR count). The molecule has 0 aliphatic rings. The highest BCUT2D eigenvalue weighted by Crippen LogP contribution is 2.13. The van der Waals surface area contributed by atoms with Gasteiger partial charge in [-0.15, -0.1) is 0 Å². The molecule has 6 heteroatoms. The second kappa shape index (κ2) is 55.9. The largest absolute Gasteiger partial charge is 0.462 e. The average Bonchev–Trinajstić information content (AvgIpc) is 3.34. The molecule has 0 unspecified atom stereocenters. The third kappa shape index (κ3) is 53.3. The first kappa shape index (κ1) is 64.3. The number of carbonyl (C=O) groups is 3. The lowest BCUT2D eigenvalue weighted by Gasteiger charge is -2.18. The molecule has 0 bridgehead atoms. The second-order valence-electron chi connectivity index (χ2n) is 18.5. The molecule has 6 nitrogen and oxygen atoms in total. The number of unbranched alkanes of at least 4 members (excludes halogenated alkanes) is 23. The normalized spacial score (nSPS) is 12.8. The van der Waals surface area contributed by atoms with Gasteiger partial charge in [-0.05, 0) is 128 Å². The SMILES string of the molecule is CCCCC/C=C\C/C=C\C/C=C\C/C=C\CCCCCC(=O)OC[C@@H](COC(=O)CCCCCCC/C=C\CCCCCCC)OC(=O)CCCCCC/C=C\C/C=C\C/C=C\CCCCC. The van der Waals surface area contributed by atoms with Crippen LogP contribution in [0.2, 0.25) is 0 Å². The van der Waals surface area contributed by atoms with Gasteiger partial charge in [0.1, 0.15) is 13.2 Å². The van der Waals surface area contributed by atoms with Gasteiger partial charge in [0.05, 0.1) is 0 Å².